The second-order valence-corrected chi connectivity index (χ2v) is 16.9. The summed E-state index contributed by atoms with van der Waals surface area (Å²) in [6, 6.07) is 21.2. The highest BCUT2D eigenvalue weighted by molar-refractivity contribution is 7.90. The monoisotopic (exact) mass is 715 g/mol. The van der Waals surface area contributed by atoms with Crippen LogP contribution in [-0.4, -0.2) is 49.0 Å². The minimum Gasteiger partial charge on any atom is -0.437 e. The number of rotatable bonds is 9. The van der Waals surface area contributed by atoms with Crippen molar-refractivity contribution in [1.29, 1.82) is 0 Å². The van der Waals surface area contributed by atoms with E-state index in [2.05, 4.69) is 10.0 Å². The number of nitrogens with one attached hydrogen (secondary N) is 2. The van der Waals surface area contributed by atoms with Crippen molar-refractivity contribution in [2.45, 2.75) is 68.2 Å². The van der Waals surface area contributed by atoms with E-state index in [4.69, 9.17) is 21.1 Å². The summed E-state index contributed by atoms with van der Waals surface area (Å²) in [6.45, 7) is 0. The summed E-state index contributed by atoms with van der Waals surface area (Å²) in [5, 5.41) is 3.88. The molecule has 3 aromatic carbocycles. The number of hydrogen-bond donors (Lipinski definition) is 2. The van der Waals surface area contributed by atoms with Crippen molar-refractivity contribution in [3.8, 4) is 11.6 Å². The SMILES string of the molecule is COC(=O)Oc1c(Cc2ccc(C(=O)N[C@@H]3[C@@H]4C[C@@H]5C[C@H]3C[C@](NS(=O)(=O)C3CC3)(C5)C4)cc2)c(=O)c2ccc(Cl)cc2n1-c1ccccc1. The lowest BCUT2D eigenvalue weighted by Crippen LogP contribution is -2.66. The van der Waals surface area contributed by atoms with Crippen LogP contribution in [0.3, 0.4) is 0 Å². The van der Waals surface area contributed by atoms with E-state index in [0.717, 1.165) is 50.5 Å². The average Bonchev–Trinajstić information content (AvgIpc) is 3.95. The third-order valence-electron chi connectivity index (χ3n) is 11.0. The van der Waals surface area contributed by atoms with E-state index >= 15 is 0 Å². The van der Waals surface area contributed by atoms with Crippen LogP contribution in [0.1, 0.15) is 66.4 Å². The highest BCUT2D eigenvalue weighted by Gasteiger charge is 2.57. The number of fused-ring (bicyclic) bond motifs is 1. The molecule has 2 N–H and O–H groups in total. The molecule has 5 atom stereocenters. The topological polar surface area (TPSA) is 133 Å². The van der Waals surface area contributed by atoms with Crippen LogP contribution in [0.25, 0.3) is 16.6 Å². The summed E-state index contributed by atoms with van der Waals surface area (Å²) >= 11 is 6.36. The van der Waals surface area contributed by atoms with Gasteiger partial charge in [0.25, 0.3) is 5.91 Å². The number of sulfonamides is 1. The van der Waals surface area contributed by atoms with Crippen molar-refractivity contribution in [3.63, 3.8) is 0 Å². The number of carbonyl (C=O) groups is 2. The number of nitrogens with zero attached hydrogens (tertiary/aromatic N) is 1. The lowest BCUT2D eigenvalue weighted by Gasteiger charge is -2.60. The number of methoxy groups -OCH3 is 1. The Kier molecular flexibility index (Phi) is 8.27. The van der Waals surface area contributed by atoms with Gasteiger partial charge in [0, 0.05) is 39.7 Å². The largest absolute Gasteiger partial charge is 0.514 e. The molecule has 5 aliphatic rings. The number of hydrogen-bond acceptors (Lipinski definition) is 7. The van der Waals surface area contributed by atoms with Crippen LogP contribution in [0, 0.1) is 17.8 Å². The van der Waals surface area contributed by atoms with E-state index in [9.17, 15) is 22.8 Å². The summed E-state index contributed by atoms with van der Waals surface area (Å²) in [6.07, 6.45) is 5.03. The number of halogens is 1. The molecule has 4 aromatic rings. The Hall–Kier alpha value is -4.19. The Morgan fingerprint density at radius 2 is 1.66 bits per heavy atom. The van der Waals surface area contributed by atoms with Crippen molar-refractivity contribution in [3.05, 3.63) is 105 Å². The fraction of sp³-hybridized carbons (Fsp3) is 0.395. The maximum absolute atomic E-state index is 14.0. The van der Waals surface area contributed by atoms with Gasteiger partial charge in [0.05, 0.1) is 23.4 Å². The molecule has 5 saturated carbocycles. The molecule has 0 unspecified atom stereocenters. The van der Waals surface area contributed by atoms with E-state index in [1.165, 1.54) is 7.11 Å². The summed E-state index contributed by atoms with van der Waals surface area (Å²) in [7, 11) is -2.10. The predicted molar refractivity (Wildman–Crippen MR) is 189 cm³/mol. The van der Waals surface area contributed by atoms with Crippen LogP contribution >= 0.6 is 11.6 Å². The number of benzene rings is 3. The molecule has 0 spiro atoms. The fourth-order valence-electron chi connectivity index (χ4n) is 8.96. The standard InChI is InChI=1S/C38H38ClN3O7S/c1-48-37(45)49-36-31(34(43)30-14-11-27(39)18-32(30)42(36)28-5-3-2-4-6-28)17-22-7-9-24(10-8-22)35(44)40-33-25-15-23-16-26(33)21-38(19-23,20-25)41-50(46,47)29-12-13-29/h2-11,14,18,23,25-26,29,33,41H,12-13,15-17,19-21H2,1H3,(H,40,44)/t23-,25-,26+,33-,38+. The Morgan fingerprint density at radius 3 is 2.32 bits per heavy atom. The minimum absolute atomic E-state index is 0.00198. The van der Waals surface area contributed by atoms with Crippen LogP contribution in [0.5, 0.6) is 5.88 Å². The quantitative estimate of drug-likeness (QED) is 0.199. The van der Waals surface area contributed by atoms with Crippen molar-refractivity contribution < 1.29 is 27.5 Å². The van der Waals surface area contributed by atoms with E-state index in [0.29, 0.717) is 33.1 Å². The van der Waals surface area contributed by atoms with Gasteiger partial charge in [0.1, 0.15) is 0 Å². The van der Waals surface area contributed by atoms with Crippen LogP contribution in [0.15, 0.2) is 77.6 Å². The van der Waals surface area contributed by atoms with Gasteiger partial charge in [-0.05, 0) is 111 Å². The second kappa shape index (κ2) is 12.5. The van der Waals surface area contributed by atoms with Crippen molar-refractivity contribution in [2.75, 3.05) is 7.11 Å². The highest BCUT2D eigenvalue weighted by Crippen LogP contribution is 2.56. The molecule has 1 heterocycles. The fourth-order valence-corrected chi connectivity index (χ4v) is 10.9. The van der Waals surface area contributed by atoms with Crippen LogP contribution in [-0.2, 0) is 21.2 Å². The molecule has 5 aliphatic carbocycles. The number of pyridine rings is 1. The maximum Gasteiger partial charge on any atom is 0.514 e. The first-order valence-corrected chi connectivity index (χ1v) is 19.1. The second-order valence-electron chi connectivity index (χ2n) is 14.5. The summed E-state index contributed by atoms with van der Waals surface area (Å²) in [4.78, 5) is 40.1. The van der Waals surface area contributed by atoms with Crippen molar-refractivity contribution >= 4 is 44.6 Å². The summed E-state index contributed by atoms with van der Waals surface area (Å²) in [5.74, 6) is 0.783. The molecule has 1 amide bonds. The molecular weight excluding hydrogens is 678 g/mol. The Balaban J connectivity index is 1.05. The number of para-hydroxylation sites is 1. The smallest absolute Gasteiger partial charge is 0.437 e. The normalized spacial score (nSPS) is 25.4. The highest BCUT2D eigenvalue weighted by atomic mass is 35.5. The summed E-state index contributed by atoms with van der Waals surface area (Å²) in [5.41, 5.74) is 1.90. The van der Waals surface area contributed by atoms with Gasteiger partial charge in [0.2, 0.25) is 15.9 Å². The lowest BCUT2D eigenvalue weighted by molar-refractivity contribution is -0.0348. The first-order valence-electron chi connectivity index (χ1n) is 17.1. The zero-order valence-electron chi connectivity index (χ0n) is 27.6. The van der Waals surface area contributed by atoms with Gasteiger partial charge in [-0.1, -0.05) is 41.9 Å². The van der Waals surface area contributed by atoms with E-state index < -0.39 is 16.2 Å². The molecule has 0 saturated heterocycles. The Labute approximate surface area is 295 Å². The first kappa shape index (κ1) is 33.0. The molecule has 0 radical (unpaired) electrons. The van der Waals surface area contributed by atoms with Gasteiger partial charge in [-0.15, -0.1) is 0 Å². The van der Waals surface area contributed by atoms with Crippen molar-refractivity contribution in [2.24, 2.45) is 17.8 Å². The van der Waals surface area contributed by atoms with E-state index in [-0.39, 0.29) is 57.9 Å². The molecule has 1 aromatic heterocycles. The van der Waals surface area contributed by atoms with Gasteiger partial charge < -0.3 is 14.8 Å². The van der Waals surface area contributed by atoms with Gasteiger partial charge in [-0.25, -0.2) is 17.9 Å². The van der Waals surface area contributed by atoms with Crippen LogP contribution < -0.4 is 20.2 Å². The van der Waals surface area contributed by atoms with Crippen LogP contribution in [0.4, 0.5) is 4.79 Å². The van der Waals surface area contributed by atoms with E-state index in [1.54, 1.807) is 47.0 Å². The first-order chi connectivity index (χ1) is 24.0. The molecule has 5 fully saturated rings. The number of aromatic nitrogens is 1. The van der Waals surface area contributed by atoms with Gasteiger partial charge in [-0.3, -0.25) is 14.2 Å². The molecule has 260 valence electrons. The number of ether oxygens (including phenoxy) is 2. The molecular formula is C38H38ClN3O7S. The summed E-state index contributed by atoms with van der Waals surface area (Å²) < 4.78 is 41.1. The van der Waals surface area contributed by atoms with Gasteiger partial charge in [-0.2, -0.15) is 0 Å². The molecule has 9 rings (SSSR count). The lowest BCUT2D eigenvalue weighted by atomic mass is 9.51. The van der Waals surface area contributed by atoms with E-state index in [1.807, 2.05) is 30.3 Å². The molecule has 4 bridgehead atoms. The third-order valence-corrected chi connectivity index (χ3v) is 13.3. The van der Waals surface area contributed by atoms with Crippen LogP contribution in [0.2, 0.25) is 5.02 Å². The Morgan fingerprint density at radius 1 is 0.960 bits per heavy atom. The maximum atomic E-state index is 14.0. The molecule has 12 heteroatoms. The average molecular weight is 716 g/mol. The van der Waals surface area contributed by atoms with Crippen molar-refractivity contribution in [1.82, 2.24) is 14.6 Å². The molecule has 50 heavy (non-hydrogen) atoms. The zero-order valence-corrected chi connectivity index (χ0v) is 29.1. The van der Waals surface area contributed by atoms with Gasteiger partial charge >= 0.3 is 6.16 Å². The number of amides is 1. The Bertz CT molecular complexity index is 2150. The minimum atomic E-state index is -3.30. The number of carbonyl (C=O) groups excluding carboxylic acids is 2. The molecule has 10 nitrogen and oxygen atoms in total. The molecule has 0 aliphatic heterocycles. The zero-order chi connectivity index (χ0) is 34.8. The third kappa shape index (κ3) is 6.09. The predicted octanol–water partition coefficient (Wildman–Crippen LogP) is 6.14. The van der Waals surface area contributed by atoms with Gasteiger partial charge in [0.15, 0.2) is 5.43 Å².